The van der Waals surface area contributed by atoms with Crippen LogP contribution in [0.5, 0.6) is 0 Å². The second kappa shape index (κ2) is 63.4. The Balaban J connectivity index is 4.75. The molecular weight excluding hydrogens is 1050 g/mol. The van der Waals surface area contributed by atoms with E-state index in [2.05, 4.69) is 118 Å². The summed E-state index contributed by atoms with van der Waals surface area (Å²) in [5, 5.41) is 9.87. The van der Waals surface area contributed by atoms with Crippen LogP contribution in [0.25, 0.3) is 0 Å². The molecule has 0 aromatic rings. The summed E-state index contributed by atoms with van der Waals surface area (Å²) in [6.07, 6.45) is 76.4. The summed E-state index contributed by atoms with van der Waals surface area (Å²) >= 11 is 0. The number of aliphatic hydroxyl groups is 1. The van der Waals surface area contributed by atoms with E-state index in [0.29, 0.717) is 19.3 Å². The number of aliphatic hydroxyl groups excluding tert-OH is 1. The number of carbonyl (C=O) groups excluding carboxylic acids is 3. The highest BCUT2D eigenvalue weighted by molar-refractivity contribution is 7.47. The van der Waals surface area contributed by atoms with Crippen LogP contribution in [0.3, 0.4) is 0 Å². The zero-order chi connectivity index (χ0) is 59.8. The summed E-state index contributed by atoms with van der Waals surface area (Å²) in [5.41, 5.74) is 0. The maximum Gasteiger partial charge on any atom is 0.472 e. The van der Waals surface area contributed by atoms with E-state index in [1.165, 1.54) is 109 Å². The van der Waals surface area contributed by atoms with Crippen molar-refractivity contribution in [3.8, 4) is 0 Å². The third kappa shape index (κ3) is 61.0. The smallest absolute Gasteiger partial charge is 0.462 e. The number of hydrogen-bond donors (Lipinski definition) is 2. The van der Waals surface area contributed by atoms with Gasteiger partial charge in [-0.1, -0.05) is 266 Å². The van der Waals surface area contributed by atoms with Gasteiger partial charge in [0.2, 0.25) is 0 Å². The molecule has 0 rings (SSSR count). The first-order valence-corrected chi connectivity index (χ1v) is 34.6. The molecule has 0 bridgehead atoms. The van der Waals surface area contributed by atoms with E-state index in [9.17, 15) is 28.9 Å². The highest BCUT2D eigenvalue weighted by Crippen LogP contribution is 2.43. The van der Waals surface area contributed by atoms with Gasteiger partial charge in [0.05, 0.1) is 19.8 Å². The van der Waals surface area contributed by atoms with Gasteiger partial charge in [0, 0.05) is 19.3 Å². The molecule has 11 nitrogen and oxygen atoms in total. The first-order chi connectivity index (χ1) is 40.2. The maximum absolute atomic E-state index is 13.0. The van der Waals surface area contributed by atoms with Crippen LogP contribution in [0.1, 0.15) is 290 Å². The van der Waals surface area contributed by atoms with E-state index < -0.39 is 57.8 Å². The van der Waals surface area contributed by atoms with Crippen molar-refractivity contribution in [3.63, 3.8) is 0 Å². The Morgan fingerprint density at radius 3 is 1.01 bits per heavy atom. The Kier molecular flexibility index (Phi) is 60.6. The predicted molar refractivity (Wildman–Crippen MR) is 344 cm³/mol. The second-order valence-corrected chi connectivity index (χ2v) is 23.4. The van der Waals surface area contributed by atoms with Crippen molar-refractivity contribution in [2.75, 3.05) is 26.4 Å². The molecule has 2 N–H and O–H groups in total. The van der Waals surface area contributed by atoms with Gasteiger partial charge >= 0.3 is 25.7 Å². The summed E-state index contributed by atoms with van der Waals surface area (Å²) in [7, 11) is -4.77. The van der Waals surface area contributed by atoms with Crippen LogP contribution >= 0.6 is 7.82 Å². The fourth-order valence-electron chi connectivity index (χ4n) is 8.98. The summed E-state index contributed by atoms with van der Waals surface area (Å²) in [5.74, 6) is -1.51. The standard InChI is InChI=1S/C70H121O11P/c1-4-7-10-13-16-19-22-25-28-31-33-36-39-42-45-48-51-54-57-60-69(73)80-66(62-71)64-78-82(75,76)79-65-67(63-77-68(72)59-56-53-50-47-44-41-38-35-30-27-24-21-18-15-12-9-6-3)81-70(74)61-58-55-52-49-46-43-40-37-34-32-29-26-23-20-17-14-11-8-5-2/h8,11,16-17,19-20,25-26,28-29,33-34,36-37,43,46,66-67,71H,4-7,9-10,12-15,18,21-24,27,30-32,35,38-42,44-45,47-65H2,1-3H3,(H,75,76)/b11-8-,19-16-,20-17-,28-25-,29-26-,36-33-,37-34-,46-43-. The molecule has 472 valence electrons. The number of rotatable bonds is 61. The van der Waals surface area contributed by atoms with Gasteiger partial charge < -0.3 is 24.2 Å². The largest absolute Gasteiger partial charge is 0.472 e. The van der Waals surface area contributed by atoms with Crippen LogP contribution in [0.2, 0.25) is 0 Å². The SMILES string of the molecule is CC/C=C\C/C=C\C/C=C\C/C=C\C/C=C\CCCCCC(=O)OC(COC(=O)CCCCCCCCCCCCCCCCCCC)COP(=O)(O)OCC(CO)OC(=O)CCCCCCCC/C=C\C/C=C\C/C=C\CCCCC. The van der Waals surface area contributed by atoms with E-state index in [0.717, 1.165) is 122 Å². The highest BCUT2D eigenvalue weighted by atomic mass is 31.2. The lowest BCUT2D eigenvalue weighted by molar-refractivity contribution is -0.161. The van der Waals surface area contributed by atoms with Crippen molar-refractivity contribution in [1.29, 1.82) is 0 Å². The van der Waals surface area contributed by atoms with Crippen molar-refractivity contribution in [1.82, 2.24) is 0 Å². The summed E-state index contributed by atoms with van der Waals surface area (Å²) in [6, 6.07) is 0. The van der Waals surface area contributed by atoms with Crippen LogP contribution < -0.4 is 0 Å². The van der Waals surface area contributed by atoms with Gasteiger partial charge in [0.15, 0.2) is 6.10 Å². The van der Waals surface area contributed by atoms with Crippen LogP contribution in [0, 0.1) is 0 Å². The molecule has 0 fully saturated rings. The zero-order valence-corrected chi connectivity index (χ0v) is 53.3. The summed E-state index contributed by atoms with van der Waals surface area (Å²) in [6.45, 7) is 4.49. The van der Waals surface area contributed by atoms with Crippen molar-refractivity contribution in [2.45, 2.75) is 303 Å². The highest BCUT2D eigenvalue weighted by Gasteiger charge is 2.28. The van der Waals surface area contributed by atoms with Crippen LogP contribution in [-0.2, 0) is 42.2 Å². The molecule has 0 heterocycles. The fraction of sp³-hybridized carbons (Fsp3) is 0.729. The lowest BCUT2D eigenvalue weighted by Crippen LogP contribution is -2.30. The van der Waals surface area contributed by atoms with E-state index in [1.807, 2.05) is 0 Å². The average Bonchev–Trinajstić information content (AvgIpc) is 3.50. The number of hydrogen-bond acceptors (Lipinski definition) is 10. The molecule has 82 heavy (non-hydrogen) atoms. The number of phosphoric acid groups is 1. The van der Waals surface area contributed by atoms with E-state index >= 15 is 0 Å². The number of unbranched alkanes of at least 4 members (excludes halogenated alkanes) is 28. The van der Waals surface area contributed by atoms with E-state index in [4.69, 9.17) is 23.3 Å². The minimum absolute atomic E-state index is 0.126. The van der Waals surface area contributed by atoms with Gasteiger partial charge in [-0.25, -0.2) is 4.57 Å². The fourth-order valence-corrected chi connectivity index (χ4v) is 9.76. The Hall–Kier alpha value is -3.60. The second-order valence-electron chi connectivity index (χ2n) is 21.9. The molecule has 0 aliphatic carbocycles. The Morgan fingerprint density at radius 1 is 0.354 bits per heavy atom. The van der Waals surface area contributed by atoms with E-state index in [-0.39, 0.29) is 25.9 Å². The third-order valence-corrected chi connectivity index (χ3v) is 14.9. The zero-order valence-electron chi connectivity index (χ0n) is 52.4. The van der Waals surface area contributed by atoms with Gasteiger partial charge in [-0.2, -0.15) is 0 Å². The molecule has 3 atom stereocenters. The molecule has 0 radical (unpaired) electrons. The molecule has 0 saturated carbocycles. The molecule has 0 amide bonds. The number of ether oxygens (including phenoxy) is 3. The topological polar surface area (TPSA) is 155 Å². The number of phosphoric ester groups is 1. The molecule has 0 aromatic carbocycles. The van der Waals surface area contributed by atoms with Gasteiger partial charge in [-0.05, 0) is 103 Å². The number of carbonyl (C=O) groups is 3. The van der Waals surface area contributed by atoms with Crippen LogP contribution in [-0.4, -0.2) is 66.5 Å². The van der Waals surface area contributed by atoms with Crippen molar-refractivity contribution < 1.29 is 52.2 Å². The Bertz CT molecular complexity index is 1750. The van der Waals surface area contributed by atoms with Gasteiger partial charge in [0.25, 0.3) is 0 Å². The van der Waals surface area contributed by atoms with Gasteiger partial charge in [-0.3, -0.25) is 23.4 Å². The third-order valence-electron chi connectivity index (χ3n) is 14.0. The molecule has 0 aromatic heterocycles. The summed E-state index contributed by atoms with van der Waals surface area (Å²) in [4.78, 5) is 48.8. The minimum atomic E-state index is -4.77. The van der Waals surface area contributed by atoms with Gasteiger partial charge in [0.1, 0.15) is 12.7 Å². The van der Waals surface area contributed by atoms with Crippen molar-refractivity contribution in [3.05, 3.63) is 97.2 Å². The first kappa shape index (κ1) is 78.4. The van der Waals surface area contributed by atoms with Crippen LogP contribution in [0.4, 0.5) is 0 Å². The monoisotopic (exact) mass is 1170 g/mol. The molecule has 12 heteroatoms. The Labute approximate surface area is 502 Å². The molecule has 0 aliphatic rings. The molecule has 0 spiro atoms. The number of allylic oxidation sites excluding steroid dienone is 16. The Morgan fingerprint density at radius 2 is 0.634 bits per heavy atom. The maximum atomic E-state index is 13.0. The van der Waals surface area contributed by atoms with E-state index in [1.54, 1.807) is 0 Å². The quantitative estimate of drug-likeness (QED) is 0.0197. The number of esters is 3. The predicted octanol–water partition coefficient (Wildman–Crippen LogP) is 20.4. The molecule has 0 saturated heterocycles. The first-order valence-electron chi connectivity index (χ1n) is 33.1. The van der Waals surface area contributed by atoms with Crippen LogP contribution in [0.15, 0.2) is 97.2 Å². The molecule has 3 unspecified atom stereocenters. The lowest BCUT2D eigenvalue weighted by Gasteiger charge is -2.21. The summed E-state index contributed by atoms with van der Waals surface area (Å²) < 4.78 is 39.7. The average molecular weight is 1170 g/mol. The lowest BCUT2D eigenvalue weighted by atomic mass is 10.0. The van der Waals surface area contributed by atoms with Crippen molar-refractivity contribution >= 4 is 25.7 Å². The van der Waals surface area contributed by atoms with Gasteiger partial charge in [-0.15, -0.1) is 0 Å². The normalized spacial score (nSPS) is 13.9. The van der Waals surface area contributed by atoms with Crippen molar-refractivity contribution in [2.24, 2.45) is 0 Å². The molecule has 0 aliphatic heterocycles. The molecular formula is C70H121O11P. The minimum Gasteiger partial charge on any atom is -0.462 e.